The van der Waals surface area contributed by atoms with Crippen LogP contribution in [0.25, 0.3) is 0 Å². The van der Waals surface area contributed by atoms with Gasteiger partial charge in [-0.15, -0.1) is 0 Å². The molecule has 0 saturated heterocycles. The Bertz CT molecular complexity index is 1550. The molecule has 0 bridgehead atoms. The molecule has 3 N–H and O–H groups in total. The van der Waals surface area contributed by atoms with E-state index < -0.39 is 23.8 Å². The number of nitriles is 1. The number of esters is 2. The van der Waals surface area contributed by atoms with Gasteiger partial charge in [0.25, 0.3) is 5.91 Å². The first-order chi connectivity index (χ1) is 19.4. The average Bonchev–Trinajstić information content (AvgIpc) is 3.00. The van der Waals surface area contributed by atoms with Crippen molar-refractivity contribution >= 4 is 29.2 Å². The van der Waals surface area contributed by atoms with Crippen molar-refractivity contribution in [3.05, 3.63) is 118 Å². The molecule has 0 saturated carbocycles. The standard InChI is InChI=1S/C31H28N4O5/c1-4-19-14-16-21(17-15-19)34-29(36)22-12-8-9-13-24(22)35-27(31(38)40-3)26(30(37)39-2)25(23(18-32)28(35)33)20-10-6-5-7-11-20/h5-17,25H,4,33H2,1-3H3,(H,34,36). The number of hydrogen-bond donors (Lipinski definition) is 2. The van der Waals surface area contributed by atoms with E-state index in [2.05, 4.69) is 11.4 Å². The summed E-state index contributed by atoms with van der Waals surface area (Å²) in [6.45, 7) is 2.03. The highest BCUT2D eigenvalue weighted by atomic mass is 16.5. The molecule has 1 aliphatic heterocycles. The monoisotopic (exact) mass is 536 g/mol. The number of anilines is 2. The van der Waals surface area contributed by atoms with Crippen LogP contribution in [0.3, 0.4) is 0 Å². The topological polar surface area (TPSA) is 135 Å². The van der Waals surface area contributed by atoms with E-state index in [4.69, 9.17) is 15.2 Å². The molecule has 9 heteroatoms. The SMILES string of the molecule is CCc1ccc(NC(=O)c2ccccc2N2C(N)=C(C#N)C(c3ccccc3)C(C(=O)OC)=C2C(=O)OC)cc1. The van der Waals surface area contributed by atoms with E-state index in [1.165, 1.54) is 12.0 Å². The van der Waals surface area contributed by atoms with Crippen LogP contribution in [0.2, 0.25) is 0 Å². The van der Waals surface area contributed by atoms with Crippen LogP contribution in [-0.2, 0) is 25.5 Å². The molecule has 0 spiro atoms. The predicted molar refractivity (Wildman–Crippen MR) is 150 cm³/mol. The lowest BCUT2D eigenvalue weighted by Gasteiger charge is -2.36. The van der Waals surface area contributed by atoms with Gasteiger partial charge in [0.2, 0.25) is 0 Å². The van der Waals surface area contributed by atoms with Gasteiger partial charge in [-0.3, -0.25) is 9.69 Å². The number of methoxy groups -OCH3 is 2. The van der Waals surface area contributed by atoms with Crippen LogP contribution in [0.15, 0.2) is 102 Å². The molecule has 1 atom stereocenters. The van der Waals surface area contributed by atoms with Crippen LogP contribution in [0.4, 0.5) is 11.4 Å². The second-order valence-electron chi connectivity index (χ2n) is 8.86. The Morgan fingerprint density at radius 1 is 0.925 bits per heavy atom. The number of benzene rings is 3. The molecule has 1 heterocycles. The largest absolute Gasteiger partial charge is 0.466 e. The number of allylic oxidation sites excluding steroid dienone is 1. The van der Waals surface area contributed by atoms with Crippen LogP contribution in [0.1, 0.15) is 34.3 Å². The molecule has 0 radical (unpaired) electrons. The molecular weight excluding hydrogens is 508 g/mol. The normalized spacial score (nSPS) is 14.8. The Labute approximate surface area is 232 Å². The fourth-order valence-electron chi connectivity index (χ4n) is 4.65. The summed E-state index contributed by atoms with van der Waals surface area (Å²) in [5.74, 6) is -3.37. The zero-order chi connectivity index (χ0) is 28.8. The van der Waals surface area contributed by atoms with Gasteiger partial charge in [-0.1, -0.05) is 61.5 Å². The number of nitrogens with one attached hydrogen (secondary N) is 1. The smallest absolute Gasteiger partial charge is 0.355 e. The molecule has 4 rings (SSSR count). The highest BCUT2D eigenvalue weighted by molar-refractivity contribution is 6.11. The van der Waals surface area contributed by atoms with Gasteiger partial charge >= 0.3 is 11.9 Å². The lowest BCUT2D eigenvalue weighted by Crippen LogP contribution is -2.41. The van der Waals surface area contributed by atoms with Crippen LogP contribution < -0.4 is 16.0 Å². The van der Waals surface area contributed by atoms with E-state index in [1.54, 1.807) is 66.7 Å². The first-order valence-corrected chi connectivity index (χ1v) is 12.5. The molecule has 3 aromatic rings. The third-order valence-electron chi connectivity index (χ3n) is 6.62. The van der Waals surface area contributed by atoms with Gasteiger partial charge in [-0.25, -0.2) is 9.59 Å². The van der Waals surface area contributed by atoms with Crippen molar-refractivity contribution in [2.45, 2.75) is 19.3 Å². The number of nitrogens with two attached hydrogens (primary N) is 1. The van der Waals surface area contributed by atoms with E-state index in [0.29, 0.717) is 11.3 Å². The first kappa shape index (κ1) is 27.7. The minimum absolute atomic E-state index is 0.00428. The number of rotatable bonds is 7. The van der Waals surface area contributed by atoms with Gasteiger partial charge < -0.3 is 20.5 Å². The second kappa shape index (κ2) is 12.0. The molecule has 0 aromatic heterocycles. The minimum Gasteiger partial charge on any atom is -0.466 e. The first-order valence-electron chi connectivity index (χ1n) is 12.5. The summed E-state index contributed by atoms with van der Waals surface area (Å²) in [7, 11) is 2.34. The van der Waals surface area contributed by atoms with Crippen LogP contribution in [0.5, 0.6) is 0 Å². The molecule has 0 aliphatic carbocycles. The Kier molecular flexibility index (Phi) is 8.30. The zero-order valence-electron chi connectivity index (χ0n) is 22.3. The molecular formula is C31H28N4O5. The second-order valence-corrected chi connectivity index (χ2v) is 8.86. The minimum atomic E-state index is -1.01. The van der Waals surface area contributed by atoms with E-state index >= 15 is 0 Å². The van der Waals surface area contributed by atoms with Gasteiger partial charge in [0, 0.05) is 5.69 Å². The molecule has 0 fully saturated rings. The lowest BCUT2D eigenvalue weighted by atomic mass is 9.80. The molecule has 40 heavy (non-hydrogen) atoms. The van der Waals surface area contributed by atoms with E-state index in [1.807, 2.05) is 19.1 Å². The van der Waals surface area contributed by atoms with Gasteiger partial charge in [0.15, 0.2) is 0 Å². The third kappa shape index (κ3) is 5.15. The van der Waals surface area contributed by atoms with Crippen molar-refractivity contribution in [3.63, 3.8) is 0 Å². The van der Waals surface area contributed by atoms with Gasteiger partial charge in [-0.2, -0.15) is 5.26 Å². The van der Waals surface area contributed by atoms with Crippen molar-refractivity contribution in [2.75, 3.05) is 24.4 Å². The molecule has 3 aromatic carbocycles. The summed E-state index contributed by atoms with van der Waals surface area (Å²) >= 11 is 0. The Morgan fingerprint density at radius 3 is 2.15 bits per heavy atom. The van der Waals surface area contributed by atoms with Crippen LogP contribution in [-0.4, -0.2) is 32.1 Å². The Morgan fingerprint density at radius 2 is 1.55 bits per heavy atom. The summed E-state index contributed by atoms with van der Waals surface area (Å²) in [5.41, 5.74) is 8.74. The number of hydrogen-bond acceptors (Lipinski definition) is 8. The molecule has 1 aliphatic rings. The molecule has 202 valence electrons. The van der Waals surface area contributed by atoms with Crippen LogP contribution >= 0.6 is 0 Å². The number of aryl methyl sites for hydroxylation is 1. The van der Waals surface area contributed by atoms with Crippen molar-refractivity contribution in [2.24, 2.45) is 5.73 Å². The maximum absolute atomic E-state index is 13.5. The maximum atomic E-state index is 13.5. The zero-order valence-corrected chi connectivity index (χ0v) is 22.3. The summed E-state index contributed by atoms with van der Waals surface area (Å²) in [5, 5.41) is 13.1. The van der Waals surface area contributed by atoms with Crippen LogP contribution in [0, 0.1) is 11.3 Å². The lowest BCUT2D eigenvalue weighted by molar-refractivity contribution is -0.139. The number of carbonyl (C=O) groups is 3. The van der Waals surface area contributed by atoms with Crippen molar-refractivity contribution in [3.8, 4) is 6.07 Å². The number of carbonyl (C=O) groups excluding carboxylic acids is 3. The number of amides is 1. The maximum Gasteiger partial charge on any atom is 0.355 e. The predicted octanol–water partition coefficient (Wildman–Crippen LogP) is 4.40. The Hall–Kier alpha value is -5.36. The fraction of sp³-hybridized carbons (Fsp3) is 0.161. The summed E-state index contributed by atoms with van der Waals surface area (Å²) in [6, 6.07) is 24.6. The number of para-hydroxylation sites is 1. The van der Waals surface area contributed by atoms with E-state index in [-0.39, 0.29) is 33.9 Å². The van der Waals surface area contributed by atoms with E-state index in [0.717, 1.165) is 19.1 Å². The average molecular weight is 537 g/mol. The third-order valence-corrected chi connectivity index (χ3v) is 6.62. The highest BCUT2D eigenvalue weighted by Gasteiger charge is 2.43. The van der Waals surface area contributed by atoms with Gasteiger partial charge in [-0.05, 0) is 41.8 Å². The molecule has 9 nitrogen and oxygen atoms in total. The van der Waals surface area contributed by atoms with E-state index in [9.17, 15) is 19.6 Å². The number of nitrogens with zero attached hydrogens (tertiary/aromatic N) is 2. The fourth-order valence-corrected chi connectivity index (χ4v) is 4.65. The van der Waals surface area contributed by atoms with Crippen molar-refractivity contribution in [1.82, 2.24) is 0 Å². The van der Waals surface area contributed by atoms with Crippen molar-refractivity contribution in [1.29, 1.82) is 5.26 Å². The van der Waals surface area contributed by atoms with Gasteiger partial charge in [0.1, 0.15) is 11.5 Å². The van der Waals surface area contributed by atoms with Gasteiger partial charge in [0.05, 0.1) is 48.6 Å². The summed E-state index contributed by atoms with van der Waals surface area (Å²) in [4.78, 5) is 41.3. The Balaban J connectivity index is 1.94. The molecule has 1 amide bonds. The summed E-state index contributed by atoms with van der Waals surface area (Å²) < 4.78 is 10.1. The number of ether oxygens (including phenoxy) is 2. The quantitative estimate of drug-likeness (QED) is 0.424. The molecule has 1 unspecified atom stereocenters. The van der Waals surface area contributed by atoms with Crippen molar-refractivity contribution < 1.29 is 23.9 Å². The summed E-state index contributed by atoms with van der Waals surface area (Å²) in [6.07, 6.45) is 0.855. The highest BCUT2D eigenvalue weighted by Crippen LogP contribution is 2.43.